The Morgan fingerprint density at radius 1 is 1.12 bits per heavy atom. The quantitative estimate of drug-likeness (QED) is 0.626. The molecule has 176 valence electrons. The summed E-state index contributed by atoms with van der Waals surface area (Å²) < 4.78 is 5.55. The van der Waals surface area contributed by atoms with Crippen LogP contribution in [-0.2, 0) is 9.59 Å². The van der Waals surface area contributed by atoms with E-state index in [1.54, 1.807) is 18.1 Å². The molecule has 1 heterocycles. The van der Waals surface area contributed by atoms with Gasteiger partial charge in [-0.25, -0.2) is 0 Å². The number of hydrogen-bond acceptors (Lipinski definition) is 4. The number of nitrogens with one attached hydrogen (secondary N) is 2. The van der Waals surface area contributed by atoms with Crippen molar-refractivity contribution in [2.75, 3.05) is 13.7 Å². The number of amides is 3. The molecule has 7 nitrogen and oxygen atoms in total. The molecule has 2 aromatic carbocycles. The van der Waals surface area contributed by atoms with Gasteiger partial charge in [0.1, 0.15) is 5.75 Å². The van der Waals surface area contributed by atoms with E-state index < -0.39 is 12.0 Å². The van der Waals surface area contributed by atoms with Gasteiger partial charge in [-0.05, 0) is 44.4 Å². The lowest BCUT2D eigenvalue weighted by Gasteiger charge is -2.41. The number of ether oxygens (including phenoxy) is 1. The Morgan fingerprint density at radius 2 is 1.88 bits per heavy atom. The SMILES string of the molecule is CCCCN1C(=O)CCC(C(=O)NNC(=O)c2ccc(C)cc2C)C1c1ccccc1OC. The average Bonchev–Trinajstić information content (AvgIpc) is 2.81. The minimum Gasteiger partial charge on any atom is -0.496 e. The fourth-order valence-electron chi connectivity index (χ4n) is 4.46. The first-order valence-electron chi connectivity index (χ1n) is 11.5. The van der Waals surface area contributed by atoms with Crippen molar-refractivity contribution >= 4 is 17.7 Å². The minimum atomic E-state index is -0.518. The molecule has 0 spiro atoms. The van der Waals surface area contributed by atoms with E-state index in [0.29, 0.717) is 30.7 Å². The summed E-state index contributed by atoms with van der Waals surface area (Å²) in [4.78, 5) is 40.6. The van der Waals surface area contributed by atoms with Gasteiger partial charge in [0.2, 0.25) is 11.8 Å². The molecule has 0 bridgehead atoms. The van der Waals surface area contributed by atoms with Crippen molar-refractivity contribution < 1.29 is 19.1 Å². The summed E-state index contributed by atoms with van der Waals surface area (Å²) in [5.74, 6) is -0.545. The van der Waals surface area contributed by atoms with E-state index in [-0.39, 0.29) is 17.7 Å². The largest absolute Gasteiger partial charge is 0.496 e. The van der Waals surface area contributed by atoms with Crippen molar-refractivity contribution in [1.29, 1.82) is 0 Å². The Balaban J connectivity index is 1.84. The topological polar surface area (TPSA) is 87.7 Å². The highest BCUT2D eigenvalue weighted by molar-refractivity contribution is 5.97. The van der Waals surface area contributed by atoms with Gasteiger partial charge in [-0.1, -0.05) is 49.2 Å². The molecule has 2 atom stereocenters. The van der Waals surface area contributed by atoms with E-state index in [1.807, 2.05) is 50.2 Å². The van der Waals surface area contributed by atoms with Crippen LogP contribution in [0.15, 0.2) is 42.5 Å². The first-order valence-corrected chi connectivity index (χ1v) is 11.5. The van der Waals surface area contributed by atoms with E-state index in [9.17, 15) is 14.4 Å². The van der Waals surface area contributed by atoms with Crippen molar-refractivity contribution in [1.82, 2.24) is 15.8 Å². The Morgan fingerprint density at radius 3 is 2.58 bits per heavy atom. The third-order valence-electron chi connectivity index (χ3n) is 6.18. The number of benzene rings is 2. The fraction of sp³-hybridized carbons (Fsp3) is 0.423. The number of rotatable bonds is 7. The zero-order valence-corrected chi connectivity index (χ0v) is 19.8. The van der Waals surface area contributed by atoms with E-state index in [0.717, 1.165) is 29.5 Å². The first kappa shape index (κ1) is 24.3. The van der Waals surface area contributed by atoms with Crippen molar-refractivity contribution in [3.8, 4) is 5.75 Å². The molecule has 0 radical (unpaired) electrons. The molecule has 7 heteroatoms. The van der Waals surface area contributed by atoms with Crippen molar-refractivity contribution in [2.24, 2.45) is 5.92 Å². The lowest BCUT2D eigenvalue weighted by atomic mass is 9.83. The summed E-state index contributed by atoms with van der Waals surface area (Å²) in [7, 11) is 1.58. The predicted octanol–water partition coefficient (Wildman–Crippen LogP) is 3.85. The van der Waals surface area contributed by atoms with Gasteiger partial charge in [0.25, 0.3) is 5.91 Å². The van der Waals surface area contributed by atoms with Gasteiger partial charge in [0, 0.05) is 24.1 Å². The number of unbranched alkanes of at least 4 members (excludes halogenated alkanes) is 1. The summed E-state index contributed by atoms with van der Waals surface area (Å²) in [6.07, 6.45) is 2.47. The fourth-order valence-corrected chi connectivity index (χ4v) is 4.46. The summed E-state index contributed by atoms with van der Waals surface area (Å²) in [5.41, 5.74) is 8.36. The molecule has 0 saturated carbocycles. The first-order chi connectivity index (χ1) is 15.9. The summed E-state index contributed by atoms with van der Waals surface area (Å²) >= 11 is 0. The van der Waals surface area contributed by atoms with Crippen LogP contribution in [0.5, 0.6) is 5.75 Å². The van der Waals surface area contributed by atoms with Crippen LogP contribution in [-0.4, -0.2) is 36.3 Å². The van der Waals surface area contributed by atoms with Crippen LogP contribution in [0.3, 0.4) is 0 Å². The summed E-state index contributed by atoms with van der Waals surface area (Å²) in [6, 6.07) is 12.5. The standard InChI is InChI=1S/C26H33N3O4/c1-5-6-15-29-23(30)14-13-21(24(29)20-9-7-8-10-22(20)33-4)26(32)28-27-25(31)19-12-11-17(2)16-18(19)3/h7-12,16,21,24H,5-6,13-15H2,1-4H3,(H,27,31)(H,28,32). The smallest absolute Gasteiger partial charge is 0.269 e. The molecule has 0 aliphatic carbocycles. The summed E-state index contributed by atoms with van der Waals surface area (Å²) in [6.45, 7) is 6.46. The van der Waals surface area contributed by atoms with E-state index in [4.69, 9.17) is 4.74 Å². The third kappa shape index (κ3) is 5.53. The zero-order valence-electron chi connectivity index (χ0n) is 19.8. The number of carbonyl (C=O) groups is 3. The van der Waals surface area contributed by atoms with Crippen LogP contribution >= 0.6 is 0 Å². The minimum absolute atomic E-state index is 0.0303. The molecule has 0 aromatic heterocycles. The van der Waals surface area contributed by atoms with Gasteiger partial charge < -0.3 is 9.64 Å². The van der Waals surface area contributed by atoms with Gasteiger partial charge in [0.15, 0.2) is 0 Å². The van der Waals surface area contributed by atoms with Gasteiger partial charge in [-0.15, -0.1) is 0 Å². The Kier molecular flexibility index (Phi) is 8.09. The van der Waals surface area contributed by atoms with E-state index >= 15 is 0 Å². The number of aryl methyl sites for hydroxylation is 2. The van der Waals surface area contributed by atoms with Crippen molar-refractivity contribution in [2.45, 2.75) is 52.5 Å². The molecular formula is C26H33N3O4. The molecule has 1 fully saturated rings. The molecule has 33 heavy (non-hydrogen) atoms. The zero-order chi connectivity index (χ0) is 24.0. The molecule has 2 unspecified atom stereocenters. The average molecular weight is 452 g/mol. The van der Waals surface area contributed by atoms with Crippen LogP contribution in [0.4, 0.5) is 0 Å². The lowest BCUT2D eigenvalue weighted by Crippen LogP contribution is -2.52. The normalized spacial score (nSPS) is 18.1. The van der Waals surface area contributed by atoms with Gasteiger partial charge >= 0.3 is 0 Å². The highest BCUT2D eigenvalue weighted by Crippen LogP contribution is 2.40. The second-order valence-corrected chi connectivity index (χ2v) is 8.53. The van der Waals surface area contributed by atoms with Gasteiger partial charge in [0.05, 0.1) is 19.1 Å². The molecule has 1 saturated heterocycles. The Hall–Kier alpha value is -3.35. The van der Waals surface area contributed by atoms with Crippen molar-refractivity contribution in [3.63, 3.8) is 0 Å². The molecule has 2 aromatic rings. The maximum atomic E-state index is 13.3. The van der Waals surface area contributed by atoms with Crippen LogP contribution < -0.4 is 15.6 Å². The summed E-state index contributed by atoms with van der Waals surface area (Å²) in [5, 5.41) is 0. The van der Waals surface area contributed by atoms with Crippen LogP contribution in [0.1, 0.15) is 65.7 Å². The highest BCUT2D eigenvalue weighted by atomic mass is 16.5. The van der Waals surface area contributed by atoms with Crippen LogP contribution in [0, 0.1) is 19.8 Å². The van der Waals surface area contributed by atoms with E-state index in [1.165, 1.54) is 0 Å². The molecule has 1 aliphatic heterocycles. The second-order valence-electron chi connectivity index (χ2n) is 8.53. The molecular weight excluding hydrogens is 418 g/mol. The second kappa shape index (κ2) is 11.0. The molecule has 2 N–H and O–H groups in total. The third-order valence-corrected chi connectivity index (χ3v) is 6.18. The Labute approximate surface area is 195 Å². The molecule has 3 amide bonds. The number of nitrogens with zero attached hydrogens (tertiary/aromatic N) is 1. The molecule has 1 aliphatic rings. The highest BCUT2D eigenvalue weighted by Gasteiger charge is 2.41. The number of hydrazine groups is 1. The maximum absolute atomic E-state index is 13.3. The number of piperidine rings is 1. The number of hydrogen-bond donors (Lipinski definition) is 2. The van der Waals surface area contributed by atoms with Gasteiger partial charge in [-0.2, -0.15) is 0 Å². The number of methoxy groups -OCH3 is 1. The Bertz CT molecular complexity index is 1020. The molecule has 3 rings (SSSR count). The van der Waals surface area contributed by atoms with E-state index in [2.05, 4.69) is 17.8 Å². The number of likely N-dealkylation sites (tertiary alicyclic amines) is 1. The lowest BCUT2D eigenvalue weighted by molar-refractivity contribution is -0.143. The predicted molar refractivity (Wildman–Crippen MR) is 127 cm³/mol. The number of carbonyl (C=O) groups excluding carboxylic acids is 3. The van der Waals surface area contributed by atoms with Crippen LogP contribution in [0.2, 0.25) is 0 Å². The van der Waals surface area contributed by atoms with Gasteiger partial charge in [-0.3, -0.25) is 25.2 Å². The van der Waals surface area contributed by atoms with Crippen molar-refractivity contribution in [3.05, 3.63) is 64.7 Å². The monoisotopic (exact) mass is 451 g/mol. The maximum Gasteiger partial charge on any atom is 0.269 e. The van der Waals surface area contributed by atoms with Crippen LogP contribution in [0.25, 0.3) is 0 Å². The number of para-hydroxylation sites is 1.